The Balaban J connectivity index is 1.77. The normalized spacial score (nSPS) is 17.4. The summed E-state index contributed by atoms with van der Waals surface area (Å²) in [6.45, 7) is 0.212. The number of benzene rings is 1. The van der Waals surface area contributed by atoms with Crippen molar-refractivity contribution in [1.29, 1.82) is 0 Å². The minimum Gasteiger partial charge on any atom is -0.493 e. The predicted molar refractivity (Wildman–Crippen MR) is 71.9 cm³/mol. The van der Waals surface area contributed by atoms with Crippen LogP contribution in [0, 0.1) is 5.92 Å². The highest BCUT2D eigenvalue weighted by Gasteiger charge is 2.45. The van der Waals surface area contributed by atoms with Crippen LogP contribution in [-0.2, 0) is 0 Å². The summed E-state index contributed by atoms with van der Waals surface area (Å²) in [7, 11) is 0. The second-order valence-corrected chi connectivity index (χ2v) is 5.28. The molecule has 6 heteroatoms. The largest absolute Gasteiger partial charge is 0.493 e. The van der Waals surface area contributed by atoms with Crippen LogP contribution in [0.3, 0.4) is 0 Å². The zero-order valence-electron chi connectivity index (χ0n) is 11.1. The van der Waals surface area contributed by atoms with Crippen LogP contribution in [0.1, 0.15) is 23.2 Å². The molecule has 21 heavy (non-hydrogen) atoms. The lowest BCUT2D eigenvalue weighted by Gasteiger charge is -2.34. The van der Waals surface area contributed by atoms with E-state index in [4.69, 9.17) is 9.84 Å². The monoisotopic (exact) mass is 293 g/mol. The number of aromatic carboxylic acids is 1. The molecular weight excluding hydrogens is 280 g/mol. The predicted octanol–water partition coefficient (Wildman–Crippen LogP) is 3.36. The van der Waals surface area contributed by atoms with Crippen LogP contribution in [0.25, 0.3) is 10.9 Å². The third-order valence-electron chi connectivity index (χ3n) is 3.60. The Morgan fingerprint density at radius 2 is 2.14 bits per heavy atom. The Bertz CT molecular complexity index is 694. The lowest BCUT2D eigenvalue weighted by molar-refractivity contribution is -0.119. The van der Waals surface area contributed by atoms with Gasteiger partial charge in [-0.15, -0.1) is 0 Å². The molecule has 3 rings (SSSR count). The summed E-state index contributed by atoms with van der Waals surface area (Å²) < 4.78 is 31.0. The number of alkyl halides is 2. The third kappa shape index (κ3) is 2.79. The van der Waals surface area contributed by atoms with Crippen molar-refractivity contribution < 1.29 is 23.4 Å². The third-order valence-corrected chi connectivity index (χ3v) is 3.60. The molecule has 1 N–H and O–H groups in total. The number of aromatic nitrogens is 1. The summed E-state index contributed by atoms with van der Waals surface area (Å²) in [5, 5.41) is 9.62. The first-order valence-corrected chi connectivity index (χ1v) is 6.57. The van der Waals surface area contributed by atoms with Gasteiger partial charge in [0, 0.05) is 30.3 Å². The second-order valence-electron chi connectivity index (χ2n) is 5.28. The maximum absolute atomic E-state index is 12.7. The van der Waals surface area contributed by atoms with E-state index < -0.39 is 11.9 Å². The fraction of sp³-hybridized carbons (Fsp3) is 0.333. The summed E-state index contributed by atoms with van der Waals surface area (Å²) in [6, 6.07) is 6.33. The van der Waals surface area contributed by atoms with Gasteiger partial charge < -0.3 is 9.84 Å². The number of carboxylic acid groups (broad SMARTS) is 1. The van der Waals surface area contributed by atoms with Crippen molar-refractivity contribution in [2.45, 2.75) is 18.8 Å². The van der Waals surface area contributed by atoms with Crippen LogP contribution in [-0.4, -0.2) is 28.6 Å². The highest BCUT2D eigenvalue weighted by Crippen LogP contribution is 2.42. The first kappa shape index (κ1) is 13.7. The Morgan fingerprint density at radius 1 is 1.38 bits per heavy atom. The van der Waals surface area contributed by atoms with E-state index in [9.17, 15) is 13.6 Å². The van der Waals surface area contributed by atoms with E-state index in [-0.39, 0.29) is 30.9 Å². The molecule has 0 radical (unpaired) electrons. The van der Waals surface area contributed by atoms with Crippen molar-refractivity contribution in [3.8, 4) is 5.75 Å². The molecule has 1 fully saturated rings. The molecule has 1 aromatic heterocycles. The Hall–Kier alpha value is -2.24. The van der Waals surface area contributed by atoms with Gasteiger partial charge in [-0.3, -0.25) is 4.98 Å². The first-order valence-electron chi connectivity index (χ1n) is 6.57. The molecule has 0 atom stereocenters. The van der Waals surface area contributed by atoms with E-state index >= 15 is 0 Å². The molecule has 2 aromatic rings. The van der Waals surface area contributed by atoms with E-state index in [1.807, 2.05) is 0 Å². The fourth-order valence-corrected chi connectivity index (χ4v) is 2.52. The summed E-state index contributed by atoms with van der Waals surface area (Å²) in [6.07, 6.45) is 1.13. The van der Waals surface area contributed by atoms with E-state index in [1.165, 1.54) is 12.3 Å². The highest BCUT2D eigenvalue weighted by atomic mass is 19.3. The molecule has 0 saturated heterocycles. The van der Waals surface area contributed by atoms with Gasteiger partial charge in [0.15, 0.2) is 0 Å². The van der Waals surface area contributed by atoms with Crippen LogP contribution in [0.2, 0.25) is 0 Å². The lowest BCUT2D eigenvalue weighted by Crippen LogP contribution is -2.38. The number of hydrogen-bond acceptors (Lipinski definition) is 3. The number of halogens is 2. The molecule has 0 amide bonds. The van der Waals surface area contributed by atoms with Gasteiger partial charge in [0.05, 0.1) is 17.7 Å². The van der Waals surface area contributed by atoms with Crippen molar-refractivity contribution >= 4 is 16.9 Å². The molecule has 1 heterocycles. The molecule has 1 aliphatic rings. The number of fused-ring (bicyclic) bond motifs is 1. The van der Waals surface area contributed by atoms with Crippen molar-refractivity contribution in [3.63, 3.8) is 0 Å². The van der Waals surface area contributed by atoms with Gasteiger partial charge in [0.1, 0.15) is 5.75 Å². The van der Waals surface area contributed by atoms with Crippen molar-refractivity contribution in [2.24, 2.45) is 5.92 Å². The molecule has 1 saturated carbocycles. The molecule has 4 nitrogen and oxygen atoms in total. The molecule has 0 aliphatic heterocycles. The number of ether oxygens (including phenoxy) is 1. The second kappa shape index (κ2) is 4.95. The van der Waals surface area contributed by atoms with Gasteiger partial charge in [-0.25, -0.2) is 13.6 Å². The summed E-state index contributed by atoms with van der Waals surface area (Å²) in [5.74, 6) is -3.28. The summed E-state index contributed by atoms with van der Waals surface area (Å²) >= 11 is 0. The number of carboxylic acids is 1. The molecule has 1 aliphatic carbocycles. The van der Waals surface area contributed by atoms with E-state index in [2.05, 4.69) is 4.98 Å². The molecule has 0 unspecified atom stereocenters. The standard InChI is InChI=1S/C15H13F2NO3/c16-15(17)6-9(7-15)8-21-10-1-2-13-12(5-10)11(14(19)20)3-4-18-13/h1-5,9H,6-8H2,(H,19,20). The van der Waals surface area contributed by atoms with Gasteiger partial charge in [0.2, 0.25) is 5.92 Å². The lowest BCUT2D eigenvalue weighted by atomic mass is 9.82. The first-order chi connectivity index (χ1) is 9.94. The molecule has 1 aromatic carbocycles. The highest BCUT2D eigenvalue weighted by molar-refractivity contribution is 6.02. The number of rotatable bonds is 4. The van der Waals surface area contributed by atoms with Gasteiger partial charge >= 0.3 is 5.97 Å². The van der Waals surface area contributed by atoms with Crippen molar-refractivity contribution in [1.82, 2.24) is 4.98 Å². The van der Waals surface area contributed by atoms with Crippen molar-refractivity contribution in [2.75, 3.05) is 6.61 Å². The van der Waals surface area contributed by atoms with E-state index in [0.717, 1.165) is 0 Å². The Morgan fingerprint density at radius 3 is 2.81 bits per heavy atom. The smallest absolute Gasteiger partial charge is 0.336 e. The minimum atomic E-state index is -2.56. The van der Waals surface area contributed by atoms with Crippen LogP contribution >= 0.6 is 0 Å². The van der Waals surface area contributed by atoms with Crippen LogP contribution in [0.5, 0.6) is 5.75 Å². The van der Waals surface area contributed by atoms with Crippen LogP contribution in [0.15, 0.2) is 30.5 Å². The quantitative estimate of drug-likeness (QED) is 0.939. The molecular formula is C15H13F2NO3. The van der Waals surface area contributed by atoms with Crippen molar-refractivity contribution in [3.05, 3.63) is 36.0 Å². The zero-order valence-corrected chi connectivity index (χ0v) is 11.1. The minimum absolute atomic E-state index is 0.139. The van der Waals surface area contributed by atoms with E-state index in [1.54, 1.807) is 18.2 Å². The number of nitrogens with zero attached hydrogens (tertiary/aromatic N) is 1. The SMILES string of the molecule is O=C(O)c1ccnc2ccc(OCC3CC(F)(F)C3)cc12. The van der Waals surface area contributed by atoms with E-state index in [0.29, 0.717) is 16.7 Å². The van der Waals surface area contributed by atoms with Crippen LogP contribution < -0.4 is 4.74 Å². The van der Waals surface area contributed by atoms with Crippen LogP contribution in [0.4, 0.5) is 8.78 Å². The molecule has 0 spiro atoms. The zero-order chi connectivity index (χ0) is 15.0. The average Bonchev–Trinajstić information content (AvgIpc) is 2.41. The maximum Gasteiger partial charge on any atom is 0.336 e. The van der Waals surface area contributed by atoms with Gasteiger partial charge in [-0.1, -0.05) is 0 Å². The molecule has 0 bridgehead atoms. The van der Waals surface area contributed by atoms with Gasteiger partial charge in [0.25, 0.3) is 0 Å². The fourth-order valence-electron chi connectivity index (χ4n) is 2.52. The Labute approximate surface area is 119 Å². The number of hydrogen-bond donors (Lipinski definition) is 1. The summed E-state index contributed by atoms with van der Waals surface area (Å²) in [4.78, 5) is 15.3. The number of pyridine rings is 1. The maximum atomic E-state index is 12.7. The molecule has 110 valence electrons. The summed E-state index contributed by atoms with van der Waals surface area (Å²) in [5.41, 5.74) is 0.693. The topological polar surface area (TPSA) is 59.4 Å². The van der Waals surface area contributed by atoms with Gasteiger partial charge in [-0.2, -0.15) is 0 Å². The van der Waals surface area contributed by atoms with Gasteiger partial charge in [-0.05, 0) is 24.3 Å². The Kier molecular flexibility index (Phi) is 3.23. The number of carbonyl (C=O) groups is 1. The average molecular weight is 293 g/mol.